The lowest BCUT2D eigenvalue weighted by atomic mass is 9.94. The highest BCUT2D eigenvalue weighted by molar-refractivity contribution is 5.77. The van der Waals surface area contributed by atoms with Crippen molar-refractivity contribution in [3.63, 3.8) is 0 Å². The first-order valence-corrected chi connectivity index (χ1v) is 10.0. The quantitative estimate of drug-likeness (QED) is 0.755. The van der Waals surface area contributed by atoms with E-state index in [1.807, 2.05) is 6.07 Å². The van der Waals surface area contributed by atoms with Gasteiger partial charge in [0, 0.05) is 45.1 Å². The van der Waals surface area contributed by atoms with Crippen molar-refractivity contribution in [2.45, 2.75) is 44.6 Å². The highest BCUT2D eigenvalue weighted by Gasteiger charge is 2.32. The zero-order valence-corrected chi connectivity index (χ0v) is 15.5. The van der Waals surface area contributed by atoms with Gasteiger partial charge in [-0.2, -0.15) is 0 Å². The van der Waals surface area contributed by atoms with E-state index in [4.69, 9.17) is 14.5 Å². The number of nitrogens with zero attached hydrogens (tertiary/aromatic N) is 3. The minimum Gasteiger partial charge on any atom is -0.478 e. The molecule has 3 aliphatic heterocycles. The molecule has 0 spiro atoms. The summed E-state index contributed by atoms with van der Waals surface area (Å²) in [7, 11) is 0. The van der Waals surface area contributed by atoms with Crippen LogP contribution < -0.4 is 4.74 Å². The highest BCUT2D eigenvalue weighted by Crippen LogP contribution is 2.36. The fourth-order valence-corrected chi connectivity index (χ4v) is 4.28. The van der Waals surface area contributed by atoms with Crippen LogP contribution in [0.4, 0.5) is 0 Å². The second-order valence-electron chi connectivity index (χ2n) is 7.44. The maximum Gasteiger partial charge on any atom is 0.223 e. The van der Waals surface area contributed by atoms with Gasteiger partial charge in [0.25, 0.3) is 0 Å². The smallest absolute Gasteiger partial charge is 0.223 e. The molecule has 3 aliphatic rings. The van der Waals surface area contributed by atoms with Gasteiger partial charge in [0.15, 0.2) is 0 Å². The average Bonchev–Trinajstić information content (AvgIpc) is 2.87. The molecule has 0 aromatic carbocycles. The Morgan fingerprint density at radius 2 is 2.04 bits per heavy atom. The Kier molecular flexibility index (Phi) is 5.70. The molecule has 0 aliphatic carbocycles. The Balaban J connectivity index is 1.33. The molecule has 0 saturated carbocycles. The summed E-state index contributed by atoms with van der Waals surface area (Å²) in [5.74, 6) is 1.03. The van der Waals surface area contributed by atoms with E-state index in [2.05, 4.69) is 15.9 Å². The van der Waals surface area contributed by atoms with Crippen LogP contribution in [0.1, 0.15) is 49.4 Å². The highest BCUT2D eigenvalue weighted by atomic mass is 16.5. The second kappa shape index (κ2) is 8.35. The van der Waals surface area contributed by atoms with Crippen LogP contribution in [0.2, 0.25) is 0 Å². The zero-order valence-electron chi connectivity index (χ0n) is 15.5. The van der Waals surface area contributed by atoms with Crippen molar-refractivity contribution >= 4 is 5.91 Å². The number of aromatic nitrogens is 1. The standard InChI is InChI=1S/C20H29N3O3/c24-20-5-2-1-4-18-16-6-7-19(21-17(16)8-10-23(18)20)26-13-3-9-22-11-14-25-15-12-22/h6-7,18H,1-5,8-15H2. The van der Waals surface area contributed by atoms with Crippen molar-refractivity contribution in [3.8, 4) is 5.88 Å². The van der Waals surface area contributed by atoms with Crippen molar-refractivity contribution < 1.29 is 14.3 Å². The molecule has 0 bridgehead atoms. The van der Waals surface area contributed by atoms with E-state index in [-0.39, 0.29) is 6.04 Å². The van der Waals surface area contributed by atoms with Crippen LogP contribution in [0, 0.1) is 0 Å². The molecular weight excluding hydrogens is 330 g/mol. The summed E-state index contributed by atoms with van der Waals surface area (Å²) in [6.07, 6.45) is 5.72. The Labute approximate surface area is 155 Å². The van der Waals surface area contributed by atoms with Crippen LogP contribution in [-0.2, 0) is 16.0 Å². The Bertz CT molecular complexity index is 631. The lowest BCUT2D eigenvalue weighted by Crippen LogP contribution is -2.39. The largest absolute Gasteiger partial charge is 0.478 e. The molecule has 142 valence electrons. The molecule has 0 radical (unpaired) electrons. The number of pyridine rings is 1. The van der Waals surface area contributed by atoms with Crippen LogP contribution in [0.5, 0.6) is 5.88 Å². The molecule has 0 N–H and O–H groups in total. The van der Waals surface area contributed by atoms with E-state index >= 15 is 0 Å². The molecule has 1 amide bonds. The number of morpholine rings is 1. The molecule has 4 rings (SSSR count). The fraction of sp³-hybridized carbons (Fsp3) is 0.700. The van der Waals surface area contributed by atoms with E-state index in [9.17, 15) is 4.79 Å². The minimum atomic E-state index is 0.219. The monoisotopic (exact) mass is 359 g/mol. The average molecular weight is 359 g/mol. The van der Waals surface area contributed by atoms with Gasteiger partial charge in [0.2, 0.25) is 11.8 Å². The molecule has 4 heterocycles. The van der Waals surface area contributed by atoms with Crippen molar-refractivity contribution in [3.05, 3.63) is 23.4 Å². The normalized spacial score (nSPS) is 23.9. The third-order valence-corrected chi connectivity index (χ3v) is 5.72. The molecule has 26 heavy (non-hydrogen) atoms. The van der Waals surface area contributed by atoms with Gasteiger partial charge in [-0.1, -0.05) is 6.42 Å². The molecule has 6 nitrogen and oxygen atoms in total. The first-order valence-electron chi connectivity index (χ1n) is 10.0. The van der Waals surface area contributed by atoms with E-state index in [1.54, 1.807) is 0 Å². The Morgan fingerprint density at radius 3 is 2.92 bits per heavy atom. The SMILES string of the molecule is O=C1CCCCC2c3ccc(OCCCN4CCOCC4)nc3CCN12. The topological polar surface area (TPSA) is 54.9 Å². The predicted octanol–water partition coefficient (Wildman–Crippen LogP) is 2.18. The number of fused-ring (bicyclic) bond motifs is 3. The zero-order chi connectivity index (χ0) is 17.8. The van der Waals surface area contributed by atoms with Crippen molar-refractivity contribution in [2.24, 2.45) is 0 Å². The maximum absolute atomic E-state index is 12.3. The predicted molar refractivity (Wildman–Crippen MR) is 98.2 cm³/mol. The van der Waals surface area contributed by atoms with Gasteiger partial charge in [0.05, 0.1) is 31.6 Å². The number of hydrogen-bond acceptors (Lipinski definition) is 5. The second-order valence-corrected chi connectivity index (χ2v) is 7.44. The van der Waals surface area contributed by atoms with Gasteiger partial charge >= 0.3 is 0 Å². The summed E-state index contributed by atoms with van der Waals surface area (Å²) in [5.41, 5.74) is 2.35. The van der Waals surface area contributed by atoms with Crippen LogP contribution in [0.3, 0.4) is 0 Å². The minimum absolute atomic E-state index is 0.219. The van der Waals surface area contributed by atoms with Crippen LogP contribution >= 0.6 is 0 Å². The van der Waals surface area contributed by atoms with Crippen molar-refractivity contribution in [1.82, 2.24) is 14.8 Å². The molecule has 6 heteroatoms. The summed E-state index contributed by atoms with van der Waals surface area (Å²) in [4.78, 5) is 21.5. The summed E-state index contributed by atoms with van der Waals surface area (Å²) < 4.78 is 11.3. The number of hydrogen-bond donors (Lipinski definition) is 0. The molecule has 2 fully saturated rings. The Morgan fingerprint density at radius 1 is 1.15 bits per heavy atom. The number of carbonyl (C=O) groups excluding carboxylic acids is 1. The summed E-state index contributed by atoms with van der Waals surface area (Å²) in [6, 6.07) is 4.33. The summed E-state index contributed by atoms with van der Waals surface area (Å²) in [6.45, 7) is 6.26. The van der Waals surface area contributed by atoms with Gasteiger partial charge < -0.3 is 14.4 Å². The number of ether oxygens (including phenoxy) is 2. The third-order valence-electron chi connectivity index (χ3n) is 5.72. The molecule has 1 aromatic rings. The summed E-state index contributed by atoms with van der Waals surface area (Å²) >= 11 is 0. The van der Waals surface area contributed by atoms with Crippen LogP contribution in [-0.4, -0.2) is 66.7 Å². The van der Waals surface area contributed by atoms with Gasteiger partial charge in [-0.3, -0.25) is 9.69 Å². The van der Waals surface area contributed by atoms with E-state index in [0.29, 0.717) is 18.9 Å². The molecule has 1 atom stereocenters. The number of amides is 1. The molecule has 1 aromatic heterocycles. The lowest BCUT2D eigenvalue weighted by molar-refractivity contribution is -0.133. The third kappa shape index (κ3) is 4.01. The number of rotatable bonds is 5. The summed E-state index contributed by atoms with van der Waals surface area (Å²) in [5, 5.41) is 0. The van der Waals surface area contributed by atoms with Crippen LogP contribution in [0.15, 0.2) is 12.1 Å². The van der Waals surface area contributed by atoms with Crippen molar-refractivity contribution in [1.29, 1.82) is 0 Å². The van der Waals surface area contributed by atoms with Gasteiger partial charge in [-0.05, 0) is 30.9 Å². The first-order chi connectivity index (χ1) is 12.8. The van der Waals surface area contributed by atoms with E-state index in [1.165, 1.54) is 5.56 Å². The first kappa shape index (κ1) is 17.7. The van der Waals surface area contributed by atoms with Crippen LogP contribution in [0.25, 0.3) is 0 Å². The van der Waals surface area contributed by atoms with E-state index in [0.717, 1.165) is 83.1 Å². The van der Waals surface area contributed by atoms with Crippen molar-refractivity contribution in [2.75, 3.05) is 46.0 Å². The Hall–Kier alpha value is -1.66. The van der Waals surface area contributed by atoms with Gasteiger partial charge in [-0.15, -0.1) is 0 Å². The van der Waals surface area contributed by atoms with Gasteiger partial charge in [0.1, 0.15) is 0 Å². The molecule has 2 saturated heterocycles. The fourth-order valence-electron chi connectivity index (χ4n) is 4.28. The van der Waals surface area contributed by atoms with E-state index < -0.39 is 0 Å². The van der Waals surface area contributed by atoms with Gasteiger partial charge in [-0.25, -0.2) is 4.98 Å². The maximum atomic E-state index is 12.3. The molecular formula is C20H29N3O3. The molecule has 1 unspecified atom stereocenters. The lowest BCUT2D eigenvalue weighted by Gasteiger charge is -2.35. The number of carbonyl (C=O) groups is 1.